The Kier molecular flexibility index (Phi) is 4.56. The van der Waals surface area contributed by atoms with Gasteiger partial charge in [-0.3, -0.25) is 4.79 Å². The minimum Gasteiger partial charge on any atom is -0.336 e. The molecule has 0 aliphatic heterocycles. The van der Waals surface area contributed by atoms with Crippen molar-refractivity contribution in [3.05, 3.63) is 63.3 Å². The highest BCUT2D eigenvalue weighted by atomic mass is 79.9. The monoisotopic (exact) mass is 338 g/mol. The minimum absolute atomic E-state index is 0.109. The average Bonchev–Trinajstić information content (AvgIpc) is 2.41. The Balaban J connectivity index is 2.07. The standard InChI is InChI=1S/C14H12BrClN2O/c1-18(9-10-2-5-12(16)6-3-10)14(19)13-7-4-11(15)8-17-13/h2-8H,9H2,1H3. The fraction of sp³-hybridized carbons (Fsp3) is 0.143. The number of nitrogens with zero attached hydrogens (tertiary/aromatic N) is 2. The highest BCUT2D eigenvalue weighted by Crippen LogP contribution is 2.13. The molecule has 1 aromatic carbocycles. The number of carbonyl (C=O) groups is 1. The van der Waals surface area contributed by atoms with E-state index in [1.165, 1.54) is 0 Å². The minimum atomic E-state index is -0.109. The molecule has 0 saturated heterocycles. The van der Waals surface area contributed by atoms with Gasteiger partial charge < -0.3 is 4.90 Å². The third-order valence-electron chi connectivity index (χ3n) is 2.63. The second kappa shape index (κ2) is 6.17. The summed E-state index contributed by atoms with van der Waals surface area (Å²) in [4.78, 5) is 17.9. The van der Waals surface area contributed by atoms with Crippen LogP contribution in [0.1, 0.15) is 16.1 Å². The first kappa shape index (κ1) is 14.0. The van der Waals surface area contributed by atoms with Gasteiger partial charge in [-0.2, -0.15) is 0 Å². The molecule has 3 nitrogen and oxygen atoms in total. The normalized spacial score (nSPS) is 10.3. The fourth-order valence-corrected chi connectivity index (χ4v) is 1.99. The van der Waals surface area contributed by atoms with E-state index in [4.69, 9.17) is 11.6 Å². The largest absolute Gasteiger partial charge is 0.336 e. The zero-order valence-corrected chi connectivity index (χ0v) is 12.6. The molecule has 19 heavy (non-hydrogen) atoms. The van der Waals surface area contributed by atoms with Gasteiger partial charge in [0.05, 0.1) is 0 Å². The van der Waals surface area contributed by atoms with Crippen LogP contribution in [-0.4, -0.2) is 22.8 Å². The molecule has 2 rings (SSSR count). The Morgan fingerprint density at radius 2 is 1.95 bits per heavy atom. The predicted molar refractivity (Wildman–Crippen MR) is 79.2 cm³/mol. The second-order valence-electron chi connectivity index (χ2n) is 4.15. The molecule has 0 atom stereocenters. The van der Waals surface area contributed by atoms with Crippen molar-refractivity contribution in [3.63, 3.8) is 0 Å². The highest BCUT2D eigenvalue weighted by molar-refractivity contribution is 9.10. The summed E-state index contributed by atoms with van der Waals surface area (Å²) in [5.41, 5.74) is 1.46. The number of rotatable bonds is 3. The quantitative estimate of drug-likeness (QED) is 0.853. The summed E-state index contributed by atoms with van der Waals surface area (Å²) in [5.74, 6) is -0.109. The Bertz CT molecular complexity index is 569. The number of halogens is 2. The first-order chi connectivity index (χ1) is 9.06. The zero-order chi connectivity index (χ0) is 13.8. The third kappa shape index (κ3) is 3.78. The van der Waals surface area contributed by atoms with E-state index in [2.05, 4.69) is 20.9 Å². The Morgan fingerprint density at radius 3 is 2.53 bits per heavy atom. The van der Waals surface area contributed by atoms with E-state index in [1.807, 2.05) is 24.3 Å². The number of benzene rings is 1. The van der Waals surface area contributed by atoms with Crippen molar-refractivity contribution >= 4 is 33.4 Å². The van der Waals surface area contributed by atoms with Gasteiger partial charge in [-0.25, -0.2) is 4.98 Å². The van der Waals surface area contributed by atoms with Gasteiger partial charge in [0, 0.05) is 29.3 Å². The van der Waals surface area contributed by atoms with E-state index in [-0.39, 0.29) is 5.91 Å². The molecule has 0 aliphatic carbocycles. The van der Waals surface area contributed by atoms with E-state index in [9.17, 15) is 4.79 Å². The van der Waals surface area contributed by atoms with Crippen LogP contribution >= 0.6 is 27.5 Å². The van der Waals surface area contributed by atoms with Crippen LogP contribution < -0.4 is 0 Å². The predicted octanol–water partition coefficient (Wildman–Crippen LogP) is 3.77. The molecule has 1 heterocycles. The number of pyridine rings is 1. The van der Waals surface area contributed by atoms with Crippen molar-refractivity contribution in [2.45, 2.75) is 6.54 Å². The SMILES string of the molecule is CN(Cc1ccc(Cl)cc1)C(=O)c1ccc(Br)cn1. The van der Waals surface area contributed by atoms with Crippen molar-refractivity contribution < 1.29 is 4.79 Å². The average molecular weight is 340 g/mol. The van der Waals surface area contributed by atoms with Crippen LogP contribution in [0.5, 0.6) is 0 Å². The molecule has 1 amide bonds. The van der Waals surface area contributed by atoms with Gasteiger partial charge in [-0.1, -0.05) is 23.7 Å². The van der Waals surface area contributed by atoms with E-state index in [0.29, 0.717) is 17.3 Å². The number of carbonyl (C=O) groups excluding carboxylic acids is 1. The second-order valence-corrected chi connectivity index (χ2v) is 5.50. The summed E-state index contributed by atoms with van der Waals surface area (Å²) < 4.78 is 0.851. The maximum atomic E-state index is 12.1. The van der Waals surface area contributed by atoms with Crippen LogP contribution in [0, 0.1) is 0 Å². The Morgan fingerprint density at radius 1 is 1.26 bits per heavy atom. The molecule has 0 unspecified atom stereocenters. The van der Waals surface area contributed by atoms with E-state index in [1.54, 1.807) is 30.3 Å². The number of aromatic nitrogens is 1. The molecule has 0 fully saturated rings. The van der Waals surface area contributed by atoms with Crippen LogP contribution in [0.15, 0.2) is 47.1 Å². The van der Waals surface area contributed by atoms with Gasteiger partial charge in [-0.15, -0.1) is 0 Å². The highest BCUT2D eigenvalue weighted by Gasteiger charge is 2.13. The van der Waals surface area contributed by atoms with E-state index >= 15 is 0 Å². The summed E-state index contributed by atoms with van der Waals surface area (Å²) in [6.45, 7) is 0.522. The fourth-order valence-electron chi connectivity index (χ4n) is 1.63. The van der Waals surface area contributed by atoms with Crippen molar-refractivity contribution in [2.75, 3.05) is 7.05 Å². The van der Waals surface area contributed by atoms with Crippen LogP contribution in [0.25, 0.3) is 0 Å². The Labute approximate surface area is 125 Å². The maximum absolute atomic E-state index is 12.1. The first-order valence-electron chi connectivity index (χ1n) is 5.68. The summed E-state index contributed by atoms with van der Waals surface area (Å²) in [7, 11) is 1.75. The topological polar surface area (TPSA) is 33.2 Å². The lowest BCUT2D eigenvalue weighted by atomic mass is 10.2. The van der Waals surface area contributed by atoms with Gasteiger partial charge in [-0.05, 0) is 45.8 Å². The molecule has 0 N–H and O–H groups in total. The van der Waals surface area contributed by atoms with Crippen LogP contribution in [0.4, 0.5) is 0 Å². The van der Waals surface area contributed by atoms with E-state index in [0.717, 1.165) is 10.0 Å². The third-order valence-corrected chi connectivity index (χ3v) is 3.35. The van der Waals surface area contributed by atoms with Crippen LogP contribution in [0.2, 0.25) is 5.02 Å². The van der Waals surface area contributed by atoms with Crippen LogP contribution in [-0.2, 0) is 6.54 Å². The number of hydrogen-bond acceptors (Lipinski definition) is 2. The van der Waals surface area contributed by atoms with E-state index < -0.39 is 0 Å². The number of amides is 1. The van der Waals surface area contributed by atoms with Gasteiger partial charge in [0.2, 0.25) is 0 Å². The number of hydrogen-bond donors (Lipinski definition) is 0. The molecular weight excluding hydrogens is 328 g/mol. The van der Waals surface area contributed by atoms with Gasteiger partial charge in [0.25, 0.3) is 5.91 Å². The maximum Gasteiger partial charge on any atom is 0.272 e. The molecule has 0 aliphatic rings. The summed E-state index contributed by atoms with van der Waals surface area (Å²) >= 11 is 9.12. The van der Waals surface area contributed by atoms with Gasteiger partial charge in [0.1, 0.15) is 5.69 Å². The molecule has 0 bridgehead atoms. The lowest BCUT2D eigenvalue weighted by Crippen LogP contribution is -2.26. The zero-order valence-electron chi connectivity index (χ0n) is 10.3. The molecule has 2 aromatic rings. The smallest absolute Gasteiger partial charge is 0.272 e. The Hall–Kier alpha value is -1.39. The first-order valence-corrected chi connectivity index (χ1v) is 6.85. The molecular formula is C14H12BrClN2O. The summed E-state index contributed by atoms with van der Waals surface area (Å²) in [6, 6.07) is 10.9. The van der Waals surface area contributed by atoms with Crippen molar-refractivity contribution in [1.29, 1.82) is 0 Å². The lowest BCUT2D eigenvalue weighted by Gasteiger charge is -2.16. The van der Waals surface area contributed by atoms with Gasteiger partial charge in [0.15, 0.2) is 0 Å². The van der Waals surface area contributed by atoms with Crippen molar-refractivity contribution in [2.24, 2.45) is 0 Å². The molecule has 5 heteroatoms. The molecule has 0 spiro atoms. The lowest BCUT2D eigenvalue weighted by molar-refractivity contribution is 0.0779. The summed E-state index contributed by atoms with van der Waals surface area (Å²) in [5, 5.41) is 0.687. The van der Waals surface area contributed by atoms with Crippen molar-refractivity contribution in [1.82, 2.24) is 9.88 Å². The van der Waals surface area contributed by atoms with Crippen molar-refractivity contribution in [3.8, 4) is 0 Å². The van der Waals surface area contributed by atoms with Gasteiger partial charge >= 0.3 is 0 Å². The molecule has 0 radical (unpaired) electrons. The molecule has 98 valence electrons. The molecule has 0 saturated carbocycles. The summed E-state index contributed by atoms with van der Waals surface area (Å²) in [6.07, 6.45) is 1.61. The molecule has 1 aromatic heterocycles. The van der Waals surface area contributed by atoms with Crippen LogP contribution in [0.3, 0.4) is 0 Å².